The SMILES string of the molecule is CCCN(C(=O)C1CC1)C(C)c1ccccc1Br. The van der Waals surface area contributed by atoms with Crippen molar-refractivity contribution in [3.63, 3.8) is 0 Å². The topological polar surface area (TPSA) is 20.3 Å². The normalized spacial score (nSPS) is 16.4. The van der Waals surface area contributed by atoms with Crippen LogP contribution in [0.2, 0.25) is 0 Å². The third-order valence-electron chi connectivity index (χ3n) is 3.50. The molecule has 98 valence electrons. The minimum Gasteiger partial charge on any atom is -0.336 e. The van der Waals surface area contributed by atoms with E-state index in [1.807, 2.05) is 23.1 Å². The second-order valence-corrected chi connectivity index (χ2v) is 5.86. The van der Waals surface area contributed by atoms with Gasteiger partial charge in [0, 0.05) is 16.9 Å². The molecule has 0 aromatic heterocycles. The van der Waals surface area contributed by atoms with Gasteiger partial charge in [-0.25, -0.2) is 0 Å². The van der Waals surface area contributed by atoms with Gasteiger partial charge in [-0.2, -0.15) is 0 Å². The van der Waals surface area contributed by atoms with Crippen LogP contribution in [0.25, 0.3) is 0 Å². The van der Waals surface area contributed by atoms with Gasteiger partial charge in [-0.15, -0.1) is 0 Å². The van der Waals surface area contributed by atoms with Gasteiger partial charge in [0.15, 0.2) is 0 Å². The Morgan fingerprint density at radius 1 is 1.44 bits per heavy atom. The molecule has 0 N–H and O–H groups in total. The van der Waals surface area contributed by atoms with Gasteiger partial charge >= 0.3 is 0 Å². The molecule has 2 rings (SSSR count). The van der Waals surface area contributed by atoms with E-state index in [1.165, 1.54) is 5.56 Å². The second kappa shape index (κ2) is 5.87. The highest BCUT2D eigenvalue weighted by Crippen LogP contribution is 2.35. The van der Waals surface area contributed by atoms with Gasteiger partial charge in [-0.05, 0) is 37.8 Å². The lowest BCUT2D eigenvalue weighted by atomic mass is 10.1. The molecule has 0 aliphatic heterocycles. The van der Waals surface area contributed by atoms with Gasteiger partial charge < -0.3 is 4.90 Å². The first-order valence-electron chi connectivity index (χ1n) is 6.70. The summed E-state index contributed by atoms with van der Waals surface area (Å²) in [7, 11) is 0. The van der Waals surface area contributed by atoms with E-state index in [0.29, 0.717) is 11.8 Å². The number of halogens is 1. The lowest BCUT2D eigenvalue weighted by molar-refractivity contribution is -0.134. The molecule has 0 saturated heterocycles. The summed E-state index contributed by atoms with van der Waals surface area (Å²) >= 11 is 3.58. The van der Waals surface area contributed by atoms with Crippen LogP contribution in [0.5, 0.6) is 0 Å². The summed E-state index contributed by atoms with van der Waals surface area (Å²) in [6.07, 6.45) is 3.15. The molecule has 3 heteroatoms. The van der Waals surface area contributed by atoms with Gasteiger partial charge in [0.05, 0.1) is 6.04 Å². The molecule has 1 atom stereocenters. The van der Waals surface area contributed by atoms with Crippen molar-refractivity contribution in [2.24, 2.45) is 5.92 Å². The molecule has 1 aliphatic carbocycles. The zero-order valence-corrected chi connectivity index (χ0v) is 12.6. The average molecular weight is 310 g/mol. The first kappa shape index (κ1) is 13.6. The molecule has 1 aliphatic rings. The fraction of sp³-hybridized carbons (Fsp3) is 0.533. The van der Waals surface area contributed by atoms with Crippen LogP contribution in [0.4, 0.5) is 0 Å². The maximum atomic E-state index is 12.3. The van der Waals surface area contributed by atoms with E-state index in [-0.39, 0.29) is 6.04 Å². The van der Waals surface area contributed by atoms with Gasteiger partial charge in [-0.3, -0.25) is 4.79 Å². The van der Waals surface area contributed by atoms with E-state index in [2.05, 4.69) is 35.8 Å². The Balaban J connectivity index is 2.19. The number of nitrogens with zero attached hydrogens (tertiary/aromatic N) is 1. The maximum absolute atomic E-state index is 12.3. The molecule has 0 spiro atoms. The second-order valence-electron chi connectivity index (χ2n) is 5.00. The molecule has 0 bridgehead atoms. The molecule has 2 nitrogen and oxygen atoms in total. The quantitative estimate of drug-likeness (QED) is 0.800. The Morgan fingerprint density at radius 2 is 2.11 bits per heavy atom. The van der Waals surface area contributed by atoms with Crippen LogP contribution in [0, 0.1) is 5.92 Å². The van der Waals surface area contributed by atoms with Crippen molar-refractivity contribution in [1.82, 2.24) is 4.90 Å². The highest BCUT2D eigenvalue weighted by Gasteiger charge is 2.35. The van der Waals surface area contributed by atoms with Crippen molar-refractivity contribution in [3.8, 4) is 0 Å². The molecule has 1 aromatic rings. The zero-order valence-electron chi connectivity index (χ0n) is 11.0. The Labute approximate surface area is 117 Å². The van der Waals surface area contributed by atoms with Crippen LogP contribution in [0.15, 0.2) is 28.7 Å². The monoisotopic (exact) mass is 309 g/mol. The molecule has 1 unspecified atom stereocenters. The van der Waals surface area contributed by atoms with Gasteiger partial charge in [0.2, 0.25) is 5.91 Å². The van der Waals surface area contributed by atoms with Crippen LogP contribution in [-0.4, -0.2) is 17.4 Å². The fourth-order valence-corrected chi connectivity index (χ4v) is 2.90. The van der Waals surface area contributed by atoms with Gasteiger partial charge in [-0.1, -0.05) is 41.1 Å². The largest absolute Gasteiger partial charge is 0.336 e. The van der Waals surface area contributed by atoms with E-state index in [1.54, 1.807) is 0 Å². The van der Waals surface area contributed by atoms with E-state index < -0.39 is 0 Å². The Morgan fingerprint density at radius 3 is 2.67 bits per heavy atom. The molecular weight excluding hydrogens is 290 g/mol. The summed E-state index contributed by atoms with van der Waals surface area (Å²) in [6.45, 7) is 5.09. The third kappa shape index (κ3) is 2.94. The standard InChI is InChI=1S/C15H20BrNO/c1-3-10-17(15(18)12-8-9-12)11(2)13-6-4-5-7-14(13)16/h4-7,11-12H,3,8-10H2,1-2H3. The molecule has 18 heavy (non-hydrogen) atoms. The van der Waals surface area contributed by atoms with Gasteiger partial charge in [0.1, 0.15) is 0 Å². The minimum absolute atomic E-state index is 0.147. The van der Waals surface area contributed by atoms with Crippen molar-refractivity contribution in [3.05, 3.63) is 34.3 Å². The van der Waals surface area contributed by atoms with Crippen molar-refractivity contribution >= 4 is 21.8 Å². The average Bonchev–Trinajstić information content (AvgIpc) is 3.19. The summed E-state index contributed by atoms with van der Waals surface area (Å²) in [5.41, 5.74) is 1.19. The van der Waals surface area contributed by atoms with E-state index in [4.69, 9.17) is 0 Å². The molecule has 1 aromatic carbocycles. The number of benzene rings is 1. The summed E-state index contributed by atoms with van der Waals surface area (Å²) < 4.78 is 1.09. The molecular formula is C15H20BrNO. The Kier molecular flexibility index (Phi) is 4.44. The number of hydrogen-bond acceptors (Lipinski definition) is 1. The Hall–Kier alpha value is -0.830. The maximum Gasteiger partial charge on any atom is 0.226 e. The Bertz CT molecular complexity index is 428. The first-order chi connectivity index (χ1) is 8.65. The smallest absolute Gasteiger partial charge is 0.226 e. The first-order valence-corrected chi connectivity index (χ1v) is 7.49. The van der Waals surface area contributed by atoms with Crippen LogP contribution < -0.4 is 0 Å². The minimum atomic E-state index is 0.147. The molecule has 0 heterocycles. The van der Waals surface area contributed by atoms with Crippen LogP contribution in [-0.2, 0) is 4.79 Å². The predicted octanol–water partition coefficient (Wildman–Crippen LogP) is 4.16. The van der Waals surface area contributed by atoms with Crippen LogP contribution >= 0.6 is 15.9 Å². The highest BCUT2D eigenvalue weighted by molar-refractivity contribution is 9.10. The van der Waals surface area contributed by atoms with Gasteiger partial charge in [0.25, 0.3) is 0 Å². The fourth-order valence-electron chi connectivity index (χ4n) is 2.28. The van der Waals surface area contributed by atoms with Crippen LogP contribution in [0.3, 0.4) is 0 Å². The van der Waals surface area contributed by atoms with Crippen molar-refractivity contribution in [2.75, 3.05) is 6.54 Å². The highest BCUT2D eigenvalue weighted by atomic mass is 79.9. The summed E-state index contributed by atoms with van der Waals surface area (Å²) in [4.78, 5) is 14.4. The molecule has 1 amide bonds. The van der Waals surface area contributed by atoms with E-state index >= 15 is 0 Å². The number of amides is 1. The molecule has 1 fully saturated rings. The molecule has 1 saturated carbocycles. The number of carbonyl (C=O) groups excluding carboxylic acids is 1. The number of carbonyl (C=O) groups is 1. The summed E-state index contributed by atoms with van der Waals surface area (Å²) in [5, 5.41) is 0. The zero-order chi connectivity index (χ0) is 13.1. The van der Waals surface area contributed by atoms with Crippen molar-refractivity contribution < 1.29 is 4.79 Å². The third-order valence-corrected chi connectivity index (χ3v) is 4.22. The summed E-state index contributed by atoms with van der Waals surface area (Å²) in [5.74, 6) is 0.626. The van der Waals surface area contributed by atoms with E-state index in [0.717, 1.165) is 30.3 Å². The molecule has 0 radical (unpaired) electrons. The number of hydrogen-bond donors (Lipinski definition) is 0. The predicted molar refractivity (Wildman–Crippen MR) is 77.3 cm³/mol. The lowest BCUT2D eigenvalue weighted by Gasteiger charge is -2.30. The van der Waals surface area contributed by atoms with E-state index in [9.17, 15) is 4.79 Å². The number of rotatable bonds is 5. The van der Waals surface area contributed by atoms with Crippen LogP contribution in [0.1, 0.15) is 44.7 Å². The van der Waals surface area contributed by atoms with Crippen molar-refractivity contribution in [2.45, 2.75) is 39.2 Å². The van der Waals surface area contributed by atoms with Crippen molar-refractivity contribution in [1.29, 1.82) is 0 Å². The summed E-state index contributed by atoms with van der Waals surface area (Å²) in [6, 6.07) is 8.32. The lowest BCUT2D eigenvalue weighted by Crippen LogP contribution is -2.35.